The zero-order valence-electron chi connectivity index (χ0n) is 26.2. The topological polar surface area (TPSA) is 128 Å². The molecule has 0 radical (unpaired) electrons. The fraction of sp³-hybridized carbons (Fsp3) is 0.545. The Hall–Kier alpha value is -3.75. The molecule has 42 heavy (non-hydrogen) atoms. The second-order valence-corrected chi connectivity index (χ2v) is 12.1. The Kier molecular flexibility index (Phi) is 13.2. The van der Waals surface area contributed by atoms with Crippen molar-refractivity contribution in [2.75, 3.05) is 6.54 Å². The number of hydrogen-bond acceptors (Lipinski definition) is 6. The van der Waals surface area contributed by atoms with Crippen LogP contribution in [0.1, 0.15) is 96.4 Å². The number of para-hydroxylation sites is 1. The van der Waals surface area contributed by atoms with Crippen LogP contribution in [0.3, 0.4) is 0 Å². The van der Waals surface area contributed by atoms with Crippen LogP contribution in [0.25, 0.3) is 0 Å². The van der Waals surface area contributed by atoms with Crippen molar-refractivity contribution in [1.82, 2.24) is 15.5 Å². The second-order valence-electron chi connectivity index (χ2n) is 12.1. The second kappa shape index (κ2) is 16.0. The van der Waals surface area contributed by atoms with Gasteiger partial charge in [-0.05, 0) is 71.2 Å². The van der Waals surface area contributed by atoms with Crippen molar-refractivity contribution in [3.05, 3.63) is 59.2 Å². The van der Waals surface area contributed by atoms with Crippen LogP contribution in [0.4, 0.5) is 4.79 Å². The molecule has 0 aliphatic heterocycles. The van der Waals surface area contributed by atoms with E-state index < -0.39 is 35.6 Å². The molecule has 2 aromatic carbocycles. The normalized spacial score (nSPS) is 12.9. The van der Waals surface area contributed by atoms with Crippen molar-refractivity contribution < 1.29 is 29.3 Å². The lowest BCUT2D eigenvalue weighted by molar-refractivity contribution is -0.142. The quantitative estimate of drug-likeness (QED) is 0.205. The third kappa shape index (κ3) is 10.9. The summed E-state index contributed by atoms with van der Waals surface area (Å²) in [7, 11) is 0. The molecule has 4 N–H and O–H groups in total. The number of phenolic OH excluding ortho intramolecular Hbond substituents is 2. The van der Waals surface area contributed by atoms with Crippen LogP contribution in [-0.2, 0) is 20.7 Å². The fourth-order valence-electron chi connectivity index (χ4n) is 4.69. The molecule has 2 unspecified atom stereocenters. The van der Waals surface area contributed by atoms with E-state index in [1.165, 1.54) is 17.0 Å². The summed E-state index contributed by atoms with van der Waals surface area (Å²) < 4.78 is 5.48. The Bertz CT molecular complexity index is 1170. The maximum absolute atomic E-state index is 14.5. The highest BCUT2D eigenvalue weighted by atomic mass is 16.6. The van der Waals surface area contributed by atoms with Crippen molar-refractivity contribution in [1.29, 1.82) is 0 Å². The lowest BCUT2D eigenvalue weighted by Crippen LogP contribution is -2.54. The van der Waals surface area contributed by atoms with Gasteiger partial charge in [0.1, 0.15) is 29.2 Å². The van der Waals surface area contributed by atoms with Crippen LogP contribution in [0.5, 0.6) is 11.5 Å². The lowest BCUT2D eigenvalue weighted by atomic mass is 9.97. The molecule has 9 nitrogen and oxygen atoms in total. The van der Waals surface area contributed by atoms with Crippen molar-refractivity contribution in [3.63, 3.8) is 0 Å². The van der Waals surface area contributed by atoms with Gasteiger partial charge in [-0.15, -0.1) is 0 Å². The Balaban J connectivity index is 2.60. The van der Waals surface area contributed by atoms with E-state index >= 15 is 0 Å². The number of aromatic hydroxyl groups is 2. The molecular weight excluding hydrogens is 534 g/mol. The summed E-state index contributed by atoms with van der Waals surface area (Å²) in [6, 6.07) is 9.10. The number of carbonyl (C=O) groups excluding carboxylic acids is 3. The van der Waals surface area contributed by atoms with E-state index in [-0.39, 0.29) is 30.5 Å². The van der Waals surface area contributed by atoms with Gasteiger partial charge < -0.3 is 30.5 Å². The largest absolute Gasteiger partial charge is 0.508 e. The molecule has 0 aromatic heterocycles. The van der Waals surface area contributed by atoms with E-state index in [9.17, 15) is 24.6 Å². The summed E-state index contributed by atoms with van der Waals surface area (Å²) in [5, 5.41) is 26.5. The van der Waals surface area contributed by atoms with Crippen LogP contribution < -0.4 is 10.6 Å². The van der Waals surface area contributed by atoms with Crippen LogP contribution in [-0.4, -0.2) is 57.3 Å². The van der Waals surface area contributed by atoms with Gasteiger partial charge in [0, 0.05) is 24.6 Å². The smallest absolute Gasteiger partial charge is 0.408 e. The first kappa shape index (κ1) is 34.5. The molecular formula is C33H49N3O6. The molecule has 0 aliphatic carbocycles. The van der Waals surface area contributed by atoms with Gasteiger partial charge in [0.25, 0.3) is 0 Å². The molecule has 0 spiro atoms. The van der Waals surface area contributed by atoms with E-state index in [0.29, 0.717) is 23.1 Å². The van der Waals surface area contributed by atoms with Crippen LogP contribution in [0, 0.1) is 6.92 Å². The first-order valence-corrected chi connectivity index (χ1v) is 14.9. The molecule has 0 fully saturated rings. The number of unbranched alkanes of at least 4 members (excludes halogenated alkanes) is 4. The molecule has 0 heterocycles. The first-order chi connectivity index (χ1) is 19.7. The van der Waals surface area contributed by atoms with Gasteiger partial charge in [-0.25, -0.2) is 4.79 Å². The number of ether oxygens (including phenoxy) is 1. The zero-order chi connectivity index (χ0) is 31.4. The highest BCUT2D eigenvalue weighted by molar-refractivity contribution is 5.93. The van der Waals surface area contributed by atoms with Gasteiger partial charge in [0.2, 0.25) is 11.8 Å². The highest BCUT2D eigenvalue weighted by Gasteiger charge is 2.37. The van der Waals surface area contributed by atoms with Crippen LogP contribution >= 0.6 is 0 Å². The number of alkyl carbamates (subject to hydrolysis) is 1. The molecule has 0 bridgehead atoms. The Morgan fingerprint density at radius 3 is 2.17 bits per heavy atom. The number of rotatable bonds is 14. The van der Waals surface area contributed by atoms with Crippen molar-refractivity contribution >= 4 is 17.9 Å². The number of aryl methyl sites for hydroxylation is 1. The van der Waals surface area contributed by atoms with E-state index in [2.05, 4.69) is 17.6 Å². The number of nitrogens with zero attached hydrogens (tertiary/aromatic N) is 1. The summed E-state index contributed by atoms with van der Waals surface area (Å²) in [4.78, 5) is 42.7. The van der Waals surface area contributed by atoms with E-state index in [1.54, 1.807) is 58.0 Å². The lowest BCUT2D eigenvalue weighted by Gasteiger charge is -2.35. The Morgan fingerprint density at radius 2 is 1.57 bits per heavy atom. The SMILES string of the molecule is CCCCCCCN(C(=O)C(Cc1ccc(O)cc1)NC(=O)OC(C)(C)C)C(C(=O)NC(C)C)c1cccc(C)c1O. The van der Waals surface area contributed by atoms with Crippen LogP contribution in [0.15, 0.2) is 42.5 Å². The number of carbonyl (C=O) groups is 3. The molecule has 0 aliphatic rings. The van der Waals surface area contributed by atoms with E-state index in [1.807, 2.05) is 13.8 Å². The summed E-state index contributed by atoms with van der Waals surface area (Å²) in [5.41, 5.74) is 0.808. The molecule has 2 atom stereocenters. The molecule has 2 rings (SSSR count). The van der Waals surface area contributed by atoms with Crippen molar-refractivity contribution in [2.45, 2.75) is 111 Å². The van der Waals surface area contributed by atoms with Crippen molar-refractivity contribution in [3.8, 4) is 11.5 Å². The highest BCUT2D eigenvalue weighted by Crippen LogP contribution is 2.33. The van der Waals surface area contributed by atoms with Crippen molar-refractivity contribution in [2.24, 2.45) is 0 Å². The maximum Gasteiger partial charge on any atom is 0.408 e. The van der Waals surface area contributed by atoms with Gasteiger partial charge in [-0.1, -0.05) is 62.9 Å². The minimum absolute atomic E-state index is 0.0552. The average molecular weight is 584 g/mol. The monoisotopic (exact) mass is 583 g/mol. The maximum atomic E-state index is 14.5. The summed E-state index contributed by atoms with van der Waals surface area (Å²) in [5.74, 6) is -0.876. The third-order valence-electron chi connectivity index (χ3n) is 6.71. The van der Waals surface area contributed by atoms with Gasteiger partial charge in [-0.3, -0.25) is 9.59 Å². The number of hydrogen-bond donors (Lipinski definition) is 4. The Morgan fingerprint density at radius 1 is 0.929 bits per heavy atom. The van der Waals surface area contributed by atoms with Gasteiger partial charge in [0.05, 0.1) is 0 Å². The number of amides is 3. The predicted octanol–water partition coefficient (Wildman–Crippen LogP) is 5.91. The van der Waals surface area contributed by atoms with Gasteiger partial charge in [0.15, 0.2) is 0 Å². The van der Waals surface area contributed by atoms with E-state index in [4.69, 9.17) is 4.74 Å². The average Bonchev–Trinajstić information content (AvgIpc) is 2.89. The van der Waals surface area contributed by atoms with Crippen LogP contribution in [0.2, 0.25) is 0 Å². The summed E-state index contributed by atoms with van der Waals surface area (Å²) in [6.07, 6.45) is 3.96. The molecule has 3 amide bonds. The minimum Gasteiger partial charge on any atom is -0.508 e. The summed E-state index contributed by atoms with van der Waals surface area (Å²) >= 11 is 0. The van der Waals surface area contributed by atoms with Gasteiger partial charge >= 0.3 is 6.09 Å². The molecule has 0 saturated carbocycles. The zero-order valence-corrected chi connectivity index (χ0v) is 26.2. The minimum atomic E-state index is -1.13. The standard InChI is InChI=1S/C33H49N3O6/c1-8-9-10-11-12-20-36(28(30(39)34-22(2)3)26-15-13-14-23(4)29(26)38)31(40)27(35-32(41)42-33(5,6)7)21-24-16-18-25(37)19-17-24/h13-19,22,27-28,37-38H,8-12,20-21H2,1-7H3,(H,34,39)(H,35,41). The summed E-state index contributed by atoms with van der Waals surface area (Å²) in [6.45, 7) is 13.0. The number of benzene rings is 2. The molecule has 9 heteroatoms. The fourth-order valence-corrected chi connectivity index (χ4v) is 4.69. The third-order valence-corrected chi connectivity index (χ3v) is 6.71. The van der Waals surface area contributed by atoms with E-state index in [0.717, 1.165) is 25.7 Å². The first-order valence-electron chi connectivity index (χ1n) is 14.9. The number of phenols is 2. The molecule has 2 aromatic rings. The molecule has 0 saturated heterocycles. The number of nitrogens with one attached hydrogen (secondary N) is 2. The Labute approximate surface area is 250 Å². The molecule has 232 valence electrons. The van der Waals surface area contributed by atoms with Gasteiger partial charge in [-0.2, -0.15) is 0 Å². The predicted molar refractivity (Wildman–Crippen MR) is 164 cm³/mol.